The summed E-state index contributed by atoms with van der Waals surface area (Å²) in [7, 11) is 0. The number of halogens is 2. The summed E-state index contributed by atoms with van der Waals surface area (Å²) in [4.78, 5) is 0. The lowest BCUT2D eigenvalue weighted by Gasteiger charge is -2.20. The molecular weight excluding hydrogens is 334 g/mol. The van der Waals surface area contributed by atoms with Crippen molar-refractivity contribution in [1.82, 2.24) is 0 Å². The molecule has 0 saturated heterocycles. The summed E-state index contributed by atoms with van der Waals surface area (Å²) in [6.07, 6.45) is 0. The van der Waals surface area contributed by atoms with Crippen LogP contribution in [0.1, 0.15) is 35.2 Å². The number of hydrogen-bond acceptors (Lipinski definition) is 1. The molecule has 1 nitrogen and oxygen atoms in total. The third kappa shape index (κ3) is 3.36. The molecule has 1 unspecified atom stereocenters. The molecule has 0 aliphatic carbocycles. The molecule has 0 bridgehead atoms. The normalized spacial score (nSPS) is 12.3. The van der Waals surface area contributed by atoms with Gasteiger partial charge in [0.1, 0.15) is 0 Å². The van der Waals surface area contributed by atoms with Crippen LogP contribution in [0.2, 0.25) is 5.02 Å². The van der Waals surface area contributed by atoms with E-state index in [9.17, 15) is 0 Å². The van der Waals surface area contributed by atoms with Gasteiger partial charge in [0.15, 0.2) is 0 Å². The van der Waals surface area contributed by atoms with Crippen molar-refractivity contribution < 1.29 is 0 Å². The fraction of sp³-hybridized carbons (Fsp3) is 0.294. The second-order valence-corrected chi connectivity index (χ2v) is 6.55. The molecule has 0 spiro atoms. The Morgan fingerprint density at radius 2 is 1.65 bits per heavy atom. The van der Waals surface area contributed by atoms with Gasteiger partial charge in [-0.15, -0.1) is 0 Å². The van der Waals surface area contributed by atoms with Gasteiger partial charge < -0.3 is 5.32 Å². The molecule has 3 heteroatoms. The number of benzene rings is 2. The largest absolute Gasteiger partial charge is 0.378 e. The molecule has 20 heavy (non-hydrogen) atoms. The zero-order chi connectivity index (χ0) is 14.9. The van der Waals surface area contributed by atoms with Crippen LogP contribution in [0, 0.1) is 20.8 Å². The molecule has 0 saturated carbocycles. The van der Waals surface area contributed by atoms with E-state index in [-0.39, 0.29) is 6.04 Å². The second kappa shape index (κ2) is 6.19. The van der Waals surface area contributed by atoms with E-state index in [1.807, 2.05) is 18.2 Å². The van der Waals surface area contributed by atoms with Gasteiger partial charge in [-0.3, -0.25) is 0 Å². The molecule has 0 aliphatic rings. The minimum Gasteiger partial charge on any atom is -0.378 e. The molecule has 0 aliphatic heterocycles. The number of anilines is 1. The van der Waals surface area contributed by atoms with Gasteiger partial charge in [0.25, 0.3) is 0 Å². The molecule has 0 fully saturated rings. The van der Waals surface area contributed by atoms with Gasteiger partial charge in [0, 0.05) is 16.2 Å². The Kier molecular flexibility index (Phi) is 4.77. The molecule has 0 amide bonds. The smallest absolute Gasteiger partial charge is 0.0549 e. The molecule has 1 N–H and O–H groups in total. The molecule has 0 aromatic heterocycles. The number of aryl methyl sites for hydroxylation is 3. The van der Waals surface area contributed by atoms with E-state index in [1.165, 1.54) is 22.3 Å². The standard InChI is InChI=1S/C17H19BrClN/c1-10-7-12(3)15(8-11(10)2)13(4)20-14-5-6-17(19)16(18)9-14/h5-9,13,20H,1-4H3. The van der Waals surface area contributed by atoms with E-state index in [1.54, 1.807) is 0 Å². The molecular formula is C17H19BrClN. The topological polar surface area (TPSA) is 12.0 Å². The summed E-state index contributed by atoms with van der Waals surface area (Å²) in [5.74, 6) is 0. The Hall–Kier alpha value is -0.990. The first-order chi connectivity index (χ1) is 9.38. The molecule has 2 aromatic carbocycles. The summed E-state index contributed by atoms with van der Waals surface area (Å²) in [5, 5.41) is 4.25. The average molecular weight is 353 g/mol. The van der Waals surface area contributed by atoms with Gasteiger partial charge in [0.2, 0.25) is 0 Å². The maximum atomic E-state index is 6.02. The van der Waals surface area contributed by atoms with Crippen molar-refractivity contribution in [3.05, 3.63) is 62.1 Å². The van der Waals surface area contributed by atoms with Gasteiger partial charge in [-0.2, -0.15) is 0 Å². The maximum Gasteiger partial charge on any atom is 0.0549 e. The van der Waals surface area contributed by atoms with Crippen molar-refractivity contribution in [3.8, 4) is 0 Å². The Morgan fingerprint density at radius 3 is 2.30 bits per heavy atom. The van der Waals surface area contributed by atoms with Crippen LogP contribution in [0.5, 0.6) is 0 Å². The highest BCUT2D eigenvalue weighted by molar-refractivity contribution is 9.10. The number of hydrogen-bond donors (Lipinski definition) is 1. The Bertz CT molecular complexity index is 637. The molecule has 2 aromatic rings. The molecule has 1 atom stereocenters. The highest BCUT2D eigenvalue weighted by Gasteiger charge is 2.10. The molecule has 0 heterocycles. The van der Waals surface area contributed by atoms with Crippen LogP contribution >= 0.6 is 27.5 Å². The summed E-state index contributed by atoms with van der Waals surface area (Å²) >= 11 is 9.48. The lowest BCUT2D eigenvalue weighted by molar-refractivity contribution is 0.870. The van der Waals surface area contributed by atoms with Gasteiger partial charge in [-0.05, 0) is 84.1 Å². The number of rotatable bonds is 3. The van der Waals surface area contributed by atoms with E-state index < -0.39 is 0 Å². The van der Waals surface area contributed by atoms with Crippen molar-refractivity contribution in [2.45, 2.75) is 33.7 Å². The quantitative estimate of drug-likeness (QED) is 0.693. The molecule has 2 rings (SSSR count). The summed E-state index contributed by atoms with van der Waals surface area (Å²) in [6, 6.07) is 10.7. The fourth-order valence-corrected chi connectivity index (χ4v) is 2.86. The van der Waals surface area contributed by atoms with Crippen molar-refractivity contribution in [2.75, 3.05) is 5.32 Å². The summed E-state index contributed by atoms with van der Waals surface area (Å²) in [5.41, 5.74) is 6.39. The van der Waals surface area contributed by atoms with Crippen LogP contribution in [0.4, 0.5) is 5.69 Å². The summed E-state index contributed by atoms with van der Waals surface area (Å²) in [6.45, 7) is 8.65. The highest BCUT2D eigenvalue weighted by Crippen LogP contribution is 2.29. The third-order valence-electron chi connectivity index (χ3n) is 3.65. The Morgan fingerprint density at radius 1 is 1.00 bits per heavy atom. The lowest BCUT2D eigenvalue weighted by Crippen LogP contribution is -2.09. The third-order valence-corrected chi connectivity index (χ3v) is 4.87. The van der Waals surface area contributed by atoms with Crippen molar-refractivity contribution in [1.29, 1.82) is 0 Å². The van der Waals surface area contributed by atoms with Crippen LogP contribution in [0.3, 0.4) is 0 Å². The predicted molar refractivity (Wildman–Crippen MR) is 91.8 cm³/mol. The first kappa shape index (κ1) is 15.4. The van der Waals surface area contributed by atoms with Crippen molar-refractivity contribution >= 4 is 33.2 Å². The molecule has 0 radical (unpaired) electrons. The number of nitrogens with one attached hydrogen (secondary N) is 1. The van der Waals surface area contributed by atoms with E-state index in [2.05, 4.69) is 61.1 Å². The van der Waals surface area contributed by atoms with Crippen LogP contribution in [0.25, 0.3) is 0 Å². The first-order valence-corrected chi connectivity index (χ1v) is 7.85. The minimum atomic E-state index is 0.252. The minimum absolute atomic E-state index is 0.252. The van der Waals surface area contributed by atoms with E-state index in [0.717, 1.165) is 15.2 Å². The van der Waals surface area contributed by atoms with Crippen LogP contribution in [-0.4, -0.2) is 0 Å². The van der Waals surface area contributed by atoms with Gasteiger partial charge in [-0.25, -0.2) is 0 Å². The van der Waals surface area contributed by atoms with E-state index in [4.69, 9.17) is 11.6 Å². The highest BCUT2D eigenvalue weighted by atomic mass is 79.9. The second-order valence-electron chi connectivity index (χ2n) is 5.29. The SMILES string of the molecule is Cc1cc(C)c(C(C)Nc2ccc(Cl)c(Br)c2)cc1C. The van der Waals surface area contributed by atoms with E-state index >= 15 is 0 Å². The summed E-state index contributed by atoms with van der Waals surface area (Å²) < 4.78 is 0.910. The molecule has 106 valence electrons. The van der Waals surface area contributed by atoms with Crippen LogP contribution in [0.15, 0.2) is 34.8 Å². The van der Waals surface area contributed by atoms with Crippen molar-refractivity contribution in [3.63, 3.8) is 0 Å². The van der Waals surface area contributed by atoms with Crippen LogP contribution in [-0.2, 0) is 0 Å². The van der Waals surface area contributed by atoms with Gasteiger partial charge in [-0.1, -0.05) is 23.7 Å². The predicted octanol–water partition coefficient (Wildman–Crippen LogP) is 6.20. The fourth-order valence-electron chi connectivity index (χ4n) is 2.36. The van der Waals surface area contributed by atoms with Gasteiger partial charge >= 0.3 is 0 Å². The lowest BCUT2D eigenvalue weighted by atomic mass is 9.96. The zero-order valence-electron chi connectivity index (χ0n) is 12.2. The van der Waals surface area contributed by atoms with Gasteiger partial charge in [0.05, 0.1) is 5.02 Å². The first-order valence-electron chi connectivity index (χ1n) is 6.68. The zero-order valence-corrected chi connectivity index (χ0v) is 14.6. The monoisotopic (exact) mass is 351 g/mol. The van der Waals surface area contributed by atoms with E-state index in [0.29, 0.717) is 0 Å². The van der Waals surface area contributed by atoms with Crippen molar-refractivity contribution in [2.24, 2.45) is 0 Å². The maximum absolute atomic E-state index is 6.02. The Balaban J connectivity index is 2.25. The average Bonchev–Trinajstić information content (AvgIpc) is 2.38. The van der Waals surface area contributed by atoms with Crippen LogP contribution < -0.4 is 5.32 Å². The Labute approximate surface area is 134 Å².